The Morgan fingerprint density at radius 1 is 1.27 bits per heavy atom. The molecule has 0 amide bonds. The lowest BCUT2D eigenvalue weighted by Gasteiger charge is -2.34. The molecule has 1 aromatic rings. The van der Waals surface area contributed by atoms with Gasteiger partial charge in [-0.15, -0.1) is 0 Å². The van der Waals surface area contributed by atoms with Gasteiger partial charge in [-0.2, -0.15) is 0 Å². The highest BCUT2D eigenvalue weighted by Crippen LogP contribution is 2.28. The number of rotatable bonds is 2. The average Bonchev–Trinajstić information content (AvgIpc) is 2.23. The Kier molecular flexibility index (Phi) is 3.11. The van der Waals surface area contributed by atoms with Crippen molar-refractivity contribution < 1.29 is 4.74 Å². The van der Waals surface area contributed by atoms with Crippen molar-refractivity contribution in [1.82, 2.24) is 0 Å². The van der Waals surface area contributed by atoms with Crippen LogP contribution in [-0.4, -0.2) is 12.2 Å². The van der Waals surface area contributed by atoms with E-state index in [-0.39, 0.29) is 5.60 Å². The minimum Gasteiger partial charge on any atom is -0.375 e. The predicted octanol–water partition coefficient (Wildman–Crippen LogP) is 3.43. The molecule has 1 heterocycles. The van der Waals surface area contributed by atoms with Gasteiger partial charge in [0.25, 0.3) is 0 Å². The van der Waals surface area contributed by atoms with Crippen molar-refractivity contribution in [2.24, 2.45) is 5.92 Å². The van der Waals surface area contributed by atoms with Gasteiger partial charge in [-0.3, -0.25) is 0 Å². The topological polar surface area (TPSA) is 9.23 Å². The summed E-state index contributed by atoms with van der Waals surface area (Å²) >= 11 is 0. The van der Waals surface area contributed by atoms with Crippen LogP contribution in [-0.2, 0) is 11.2 Å². The second-order valence-electron chi connectivity index (χ2n) is 5.17. The minimum atomic E-state index is 0.104. The summed E-state index contributed by atoms with van der Waals surface area (Å²) in [4.78, 5) is 0. The van der Waals surface area contributed by atoms with E-state index in [2.05, 4.69) is 44.2 Å². The van der Waals surface area contributed by atoms with Gasteiger partial charge in [0.05, 0.1) is 12.2 Å². The summed E-state index contributed by atoms with van der Waals surface area (Å²) in [6.45, 7) is 5.29. The first-order valence-electron chi connectivity index (χ1n) is 5.84. The van der Waals surface area contributed by atoms with E-state index in [4.69, 9.17) is 4.74 Å². The molecule has 0 N–H and O–H groups in total. The lowest BCUT2D eigenvalue weighted by Crippen LogP contribution is -2.34. The maximum Gasteiger partial charge on any atom is 0.0626 e. The molecule has 1 heteroatoms. The Bertz CT molecular complexity index is 292. The standard InChI is InChI=1S/C14H20O/c1-14(2)9-8-13(11-15-14)10-12-6-4-3-5-7-12/h3-7,13H,8-11H2,1-2H3. The lowest BCUT2D eigenvalue weighted by atomic mass is 9.88. The average molecular weight is 204 g/mol. The lowest BCUT2D eigenvalue weighted by molar-refractivity contribution is -0.0762. The van der Waals surface area contributed by atoms with Gasteiger partial charge in [-0.25, -0.2) is 0 Å². The molecule has 1 fully saturated rings. The molecule has 0 spiro atoms. The molecule has 1 aliphatic rings. The Morgan fingerprint density at radius 3 is 2.60 bits per heavy atom. The van der Waals surface area contributed by atoms with Crippen LogP contribution < -0.4 is 0 Å². The highest BCUT2D eigenvalue weighted by Gasteiger charge is 2.27. The molecule has 0 radical (unpaired) electrons. The fourth-order valence-corrected chi connectivity index (χ4v) is 2.16. The van der Waals surface area contributed by atoms with Crippen LogP contribution >= 0.6 is 0 Å². The van der Waals surface area contributed by atoms with Crippen molar-refractivity contribution in [2.75, 3.05) is 6.61 Å². The monoisotopic (exact) mass is 204 g/mol. The van der Waals surface area contributed by atoms with Crippen molar-refractivity contribution >= 4 is 0 Å². The van der Waals surface area contributed by atoms with Crippen LogP contribution in [0.15, 0.2) is 30.3 Å². The zero-order valence-corrected chi connectivity index (χ0v) is 9.70. The second kappa shape index (κ2) is 4.36. The summed E-state index contributed by atoms with van der Waals surface area (Å²) in [6.07, 6.45) is 3.64. The smallest absolute Gasteiger partial charge is 0.0626 e. The van der Waals surface area contributed by atoms with Crippen molar-refractivity contribution in [1.29, 1.82) is 0 Å². The Labute approximate surface area is 92.5 Å². The molecule has 0 aliphatic carbocycles. The third kappa shape index (κ3) is 3.07. The molecule has 0 bridgehead atoms. The Morgan fingerprint density at radius 2 is 2.00 bits per heavy atom. The quantitative estimate of drug-likeness (QED) is 0.717. The molecule has 1 nitrogen and oxygen atoms in total. The Hall–Kier alpha value is -0.820. The highest BCUT2D eigenvalue weighted by atomic mass is 16.5. The van der Waals surface area contributed by atoms with E-state index in [0.29, 0.717) is 5.92 Å². The van der Waals surface area contributed by atoms with Gasteiger partial charge in [0.15, 0.2) is 0 Å². The van der Waals surface area contributed by atoms with Gasteiger partial charge in [0.2, 0.25) is 0 Å². The fraction of sp³-hybridized carbons (Fsp3) is 0.571. The van der Waals surface area contributed by atoms with Crippen LogP contribution in [0.3, 0.4) is 0 Å². The third-order valence-electron chi connectivity index (χ3n) is 3.23. The normalized spacial score (nSPS) is 25.1. The number of hydrogen-bond acceptors (Lipinski definition) is 1. The van der Waals surface area contributed by atoms with Crippen LogP contribution in [0.25, 0.3) is 0 Å². The van der Waals surface area contributed by atoms with E-state index >= 15 is 0 Å². The first kappa shape index (κ1) is 10.7. The van der Waals surface area contributed by atoms with E-state index in [1.54, 1.807) is 0 Å². The fourth-order valence-electron chi connectivity index (χ4n) is 2.16. The highest BCUT2D eigenvalue weighted by molar-refractivity contribution is 5.15. The molecule has 1 saturated heterocycles. The van der Waals surface area contributed by atoms with E-state index < -0.39 is 0 Å². The van der Waals surface area contributed by atoms with Crippen molar-refractivity contribution in [3.8, 4) is 0 Å². The number of benzene rings is 1. The van der Waals surface area contributed by atoms with Crippen LogP contribution in [0.2, 0.25) is 0 Å². The zero-order chi connectivity index (χ0) is 10.7. The molecule has 1 unspecified atom stereocenters. The van der Waals surface area contributed by atoms with Crippen LogP contribution in [0.4, 0.5) is 0 Å². The summed E-state index contributed by atoms with van der Waals surface area (Å²) in [6, 6.07) is 10.7. The first-order valence-corrected chi connectivity index (χ1v) is 5.84. The third-order valence-corrected chi connectivity index (χ3v) is 3.23. The molecule has 0 saturated carbocycles. The molecule has 2 rings (SSSR count). The molecule has 1 aromatic carbocycles. The molecular formula is C14H20O. The van der Waals surface area contributed by atoms with Gasteiger partial charge in [-0.05, 0) is 44.6 Å². The minimum absolute atomic E-state index is 0.104. The predicted molar refractivity (Wildman–Crippen MR) is 62.9 cm³/mol. The van der Waals surface area contributed by atoms with Crippen LogP contribution in [0.5, 0.6) is 0 Å². The summed E-state index contributed by atoms with van der Waals surface area (Å²) in [5.41, 5.74) is 1.54. The molecule has 1 atom stereocenters. The maximum atomic E-state index is 5.85. The zero-order valence-electron chi connectivity index (χ0n) is 9.70. The first-order chi connectivity index (χ1) is 7.16. The van der Waals surface area contributed by atoms with Gasteiger partial charge in [-0.1, -0.05) is 30.3 Å². The molecule has 15 heavy (non-hydrogen) atoms. The maximum absolute atomic E-state index is 5.85. The summed E-state index contributed by atoms with van der Waals surface area (Å²) in [5, 5.41) is 0. The van der Waals surface area contributed by atoms with Gasteiger partial charge in [0, 0.05) is 0 Å². The molecular weight excluding hydrogens is 184 g/mol. The Balaban J connectivity index is 1.88. The van der Waals surface area contributed by atoms with E-state index in [1.807, 2.05) is 0 Å². The second-order valence-corrected chi connectivity index (χ2v) is 5.17. The van der Waals surface area contributed by atoms with E-state index in [9.17, 15) is 0 Å². The van der Waals surface area contributed by atoms with E-state index in [1.165, 1.54) is 18.4 Å². The van der Waals surface area contributed by atoms with Crippen molar-refractivity contribution in [3.05, 3.63) is 35.9 Å². The largest absolute Gasteiger partial charge is 0.375 e. The van der Waals surface area contributed by atoms with Gasteiger partial charge >= 0.3 is 0 Å². The molecule has 82 valence electrons. The van der Waals surface area contributed by atoms with Crippen LogP contribution in [0, 0.1) is 5.92 Å². The summed E-state index contributed by atoms with van der Waals surface area (Å²) in [7, 11) is 0. The summed E-state index contributed by atoms with van der Waals surface area (Å²) in [5.74, 6) is 0.709. The van der Waals surface area contributed by atoms with E-state index in [0.717, 1.165) is 13.0 Å². The van der Waals surface area contributed by atoms with Crippen molar-refractivity contribution in [2.45, 2.75) is 38.7 Å². The van der Waals surface area contributed by atoms with Crippen molar-refractivity contribution in [3.63, 3.8) is 0 Å². The number of ether oxygens (including phenoxy) is 1. The van der Waals surface area contributed by atoms with Crippen LogP contribution in [0.1, 0.15) is 32.3 Å². The van der Waals surface area contributed by atoms with Gasteiger partial charge in [0.1, 0.15) is 0 Å². The van der Waals surface area contributed by atoms with Gasteiger partial charge < -0.3 is 4.74 Å². The number of hydrogen-bond donors (Lipinski definition) is 0. The SMILES string of the molecule is CC1(C)CCC(Cc2ccccc2)CO1. The molecule has 1 aliphatic heterocycles. The summed E-state index contributed by atoms with van der Waals surface area (Å²) < 4.78 is 5.85. The molecule has 0 aromatic heterocycles.